The van der Waals surface area contributed by atoms with Gasteiger partial charge in [0.15, 0.2) is 0 Å². The molecule has 0 bridgehead atoms. The second kappa shape index (κ2) is 8.37. The molecule has 0 atom stereocenters. The molecular formula is C28H21BrN2. The number of rotatable bonds is 5. The molecule has 2 nitrogen and oxygen atoms in total. The predicted molar refractivity (Wildman–Crippen MR) is 130 cm³/mol. The molecule has 4 aromatic carbocycles. The van der Waals surface area contributed by atoms with Crippen LogP contribution in [0.4, 0.5) is 0 Å². The molecule has 0 aliphatic heterocycles. The van der Waals surface area contributed by atoms with E-state index in [1.807, 2.05) is 18.2 Å². The molecule has 5 aromatic rings. The van der Waals surface area contributed by atoms with Crippen LogP contribution in [0.15, 0.2) is 132 Å². The molecule has 3 heteroatoms. The summed E-state index contributed by atoms with van der Waals surface area (Å²) >= 11 is 3.78. The molecule has 0 fully saturated rings. The molecule has 0 saturated carbocycles. The third-order valence-corrected chi connectivity index (χ3v) is 6.22. The van der Waals surface area contributed by atoms with Crippen molar-refractivity contribution in [2.75, 3.05) is 0 Å². The highest BCUT2D eigenvalue weighted by atomic mass is 79.9. The van der Waals surface area contributed by atoms with E-state index in [0.29, 0.717) is 0 Å². The lowest BCUT2D eigenvalue weighted by atomic mass is 9.77. The van der Waals surface area contributed by atoms with Crippen molar-refractivity contribution in [1.29, 1.82) is 0 Å². The molecule has 1 heterocycles. The highest BCUT2D eigenvalue weighted by Crippen LogP contribution is 2.42. The Balaban J connectivity index is 1.86. The molecule has 150 valence electrons. The summed E-state index contributed by atoms with van der Waals surface area (Å²) in [7, 11) is 0. The van der Waals surface area contributed by atoms with Gasteiger partial charge in [-0.1, -0.05) is 121 Å². The minimum atomic E-state index is -0.612. The molecule has 0 saturated heterocycles. The van der Waals surface area contributed by atoms with Gasteiger partial charge in [-0.2, -0.15) is 5.10 Å². The molecule has 0 aliphatic rings. The summed E-state index contributed by atoms with van der Waals surface area (Å²) in [6.07, 6.45) is 2.09. The molecule has 0 spiro atoms. The van der Waals surface area contributed by atoms with Crippen molar-refractivity contribution in [2.45, 2.75) is 5.54 Å². The standard InChI is InChI=1S/C28H21BrN2/c29-26-21-31(30-27(26)22-13-5-1-6-14-22)28(23-15-7-2-8-16-23,24-17-9-3-10-18-24)25-19-11-4-12-20-25/h1-21H. The van der Waals surface area contributed by atoms with E-state index in [-0.39, 0.29) is 0 Å². The van der Waals surface area contributed by atoms with Crippen LogP contribution in [-0.4, -0.2) is 9.78 Å². The molecule has 0 radical (unpaired) electrons. The lowest BCUT2D eigenvalue weighted by Gasteiger charge is -2.36. The monoisotopic (exact) mass is 464 g/mol. The fourth-order valence-electron chi connectivity index (χ4n) is 4.25. The van der Waals surface area contributed by atoms with Crippen LogP contribution in [0.25, 0.3) is 11.3 Å². The van der Waals surface area contributed by atoms with Gasteiger partial charge < -0.3 is 0 Å². The largest absolute Gasteiger partial charge is 0.251 e. The van der Waals surface area contributed by atoms with Crippen LogP contribution < -0.4 is 0 Å². The first-order chi connectivity index (χ1) is 15.3. The first-order valence-corrected chi connectivity index (χ1v) is 11.1. The van der Waals surface area contributed by atoms with Crippen LogP contribution >= 0.6 is 15.9 Å². The minimum absolute atomic E-state index is 0.612. The number of hydrogen-bond donors (Lipinski definition) is 0. The van der Waals surface area contributed by atoms with Crippen LogP contribution in [0.5, 0.6) is 0 Å². The maximum Gasteiger partial charge on any atom is 0.138 e. The molecule has 0 N–H and O–H groups in total. The Morgan fingerprint density at radius 1 is 0.548 bits per heavy atom. The molecule has 5 rings (SSSR count). The van der Waals surface area contributed by atoms with Gasteiger partial charge in [-0.25, -0.2) is 0 Å². The zero-order chi connectivity index (χ0) is 21.1. The van der Waals surface area contributed by atoms with E-state index in [1.54, 1.807) is 0 Å². The lowest BCUT2D eigenvalue weighted by Crippen LogP contribution is -2.38. The summed E-state index contributed by atoms with van der Waals surface area (Å²) in [5.74, 6) is 0. The summed E-state index contributed by atoms with van der Waals surface area (Å²) in [6.45, 7) is 0. The SMILES string of the molecule is Brc1cn(C(c2ccccc2)(c2ccccc2)c2ccccc2)nc1-c1ccccc1. The van der Waals surface area contributed by atoms with Gasteiger partial charge in [-0.05, 0) is 32.6 Å². The van der Waals surface area contributed by atoms with Crippen molar-refractivity contribution < 1.29 is 0 Å². The lowest BCUT2D eigenvalue weighted by molar-refractivity contribution is 0.461. The Morgan fingerprint density at radius 3 is 1.35 bits per heavy atom. The van der Waals surface area contributed by atoms with Gasteiger partial charge in [-0.3, -0.25) is 4.68 Å². The normalized spacial score (nSPS) is 11.4. The van der Waals surface area contributed by atoms with Gasteiger partial charge in [0, 0.05) is 11.8 Å². The summed E-state index contributed by atoms with van der Waals surface area (Å²) in [5.41, 5.74) is 4.86. The van der Waals surface area contributed by atoms with Crippen molar-refractivity contribution in [1.82, 2.24) is 9.78 Å². The van der Waals surface area contributed by atoms with Gasteiger partial charge in [0.1, 0.15) is 11.2 Å². The quantitative estimate of drug-likeness (QED) is 0.252. The van der Waals surface area contributed by atoms with Crippen molar-refractivity contribution in [2.24, 2.45) is 0 Å². The van der Waals surface area contributed by atoms with Crippen LogP contribution in [0.1, 0.15) is 16.7 Å². The fraction of sp³-hybridized carbons (Fsp3) is 0.0357. The summed E-state index contributed by atoms with van der Waals surface area (Å²) in [6, 6.07) is 42.1. The van der Waals surface area contributed by atoms with E-state index in [2.05, 4.69) is 130 Å². The van der Waals surface area contributed by atoms with E-state index < -0.39 is 5.54 Å². The van der Waals surface area contributed by atoms with Gasteiger partial charge >= 0.3 is 0 Å². The highest BCUT2D eigenvalue weighted by molar-refractivity contribution is 9.10. The Kier molecular flexibility index (Phi) is 5.27. The van der Waals surface area contributed by atoms with E-state index in [4.69, 9.17) is 5.10 Å². The molecular weight excluding hydrogens is 444 g/mol. The predicted octanol–water partition coefficient (Wildman–Crippen LogP) is 7.15. The number of aromatic nitrogens is 2. The minimum Gasteiger partial charge on any atom is -0.251 e. The maximum absolute atomic E-state index is 5.15. The summed E-state index contributed by atoms with van der Waals surface area (Å²) in [4.78, 5) is 0. The molecule has 0 unspecified atom stereocenters. The second-order valence-corrected chi connectivity index (χ2v) is 8.30. The van der Waals surface area contributed by atoms with Crippen LogP contribution in [0.3, 0.4) is 0 Å². The zero-order valence-corrected chi connectivity index (χ0v) is 18.5. The van der Waals surface area contributed by atoms with Crippen molar-refractivity contribution in [3.63, 3.8) is 0 Å². The fourth-order valence-corrected chi connectivity index (χ4v) is 4.75. The number of halogens is 1. The van der Waals surface area contributed by atoms with E-state index in [1.165, 1.54) is 0 Å². The smallest absolute Gasteiger partial charge is 0.138 e. The van der Waals surface area contributed by atoms with E-state index in [0.717, 1.165) is 32.4 Å². The number of benzene rings is 4. The summed E-state index contributed by atoms with van der Waals surface area (Å²) in [5, 5.41) is 5.15. The Morgan fingerprint density at radius 2 is 0.935 bits per heavy atom. The second-order valence-electron chi connectivity index (χ2n) is 7.44. The Labute approximate surface area is 190 Å². The topological polar surface area (TPSA) is 17.8 Å². The van der Waals surface area contributed by atoms with Crippen LogP contribution in [-0.2, 0) is 5.54 Å². The van der Waals surface area contributed by atoms with Crippen molar-refractivity contribution in [3.05, 3.63) is 149 Å². The molecule has 31 heavy (non-hydrogen) atoms. The third-order valence-electron chi connectivity index (χ3n) is 5.64. The van der Waals surface area contributed by atoms with Crippen molar-refractivity contribution >= 4 is 15.9 Å². The molecule has 0 amide bonds. The average Bonchev–Trinajstić information content (AvgIpc) is 3.24. The van der Waals surface area contributed by atoms with Gasteiger partial charge in [0.25, 0.3) is 0 Å². The zero-order valence-electron chi connectivity index (χ0n) is 16.9. The van der Waals surface area contributed by atoms with Crippen LogP contribution in [0.2, 0.25) is 0 Å². The average molecular weight is 465 g/mol. The number of nitrogens with zero attached hydrogens (tertiary/aromatic N) is 2. The number of hydrogen-bond acceptors (Lipinski definition) is 1. The first kappa shape index (κ1) is 19.5. The van der Waals surface area contributed by atoms with Gasteiger partial charge in [-0.15, -0.1) is 0 Å². The van der Waals surface area contributed by atoms with Crippen molar-refractivity contribution in [3.8, 4) is 11.3 Å². The highest BCUT2D eigenvalue weighted by Gasteiger charge is 2.39. The third kappa shape index (κ3) is 3.41. The molecule has 0 aliphatic carbocycles. The molecule has 1 aromatic heterocycles. The van der Waals surface area contributed by atoms with E-state index >= 15 is 0 Å². The Bertz CT molecular complexity index is 1170. The Hall–Kier alpha value is -3.43. The summed E-state index contributed by atoms with van der Waals surface area (Å²) < 4.78 is 3.06. The van der Waals surface area contributed by atoms with Gasteiger partial charge in [0.05, 0.1) is 4.47 Å². The van der Waals surface area contributed by atoms with Gasteiger partial charge in [0.2, 0.25) is 0 Å². The van der Waals surface area contributed by atoms with E-state index in [9.17, 15) is 0 Å². The van der Waals surface area contributed by atoms with Crippen LogP contribution in [0, 0.1) is 0 Å². The first-order valence-electron chi connectivity index (χ1n) is 10.3. The maximum atomic E-state index is 5.15.